The zero-order valence-electron chi connectivity index (χ0n) is 10.3. The standard InChI is InChI=1S/C13H20N4/c1-3-9-16-13(14-4-2)17-11-8-12-7-5-6-10-15-12/h3,5-7,10H,1,4,8-9,11H2,2H3,(H2,14,16,17). The van der Waals surface area contributed by atoms with Gasteiger partial charge in [0.15, 0.2) is 5.96 Å². The van der Waals surface area contributed by atoms with Gasteiger partial charge in [-0.1, -0.05) is 12.1 Å². The molecular formula is C13H20N4. The molecule has 0 bridgehead atoms. The van der Waals surface area contributed by atoms with Gasteiger partial charge in [0.2, 0.25) is 0 Å². The Hall–Kier alpha value is -1.84. The molecule has 0 aromatic carbocycles. The van der Waals surface area contributed by atoms with Crippen LogP contribution in [0.15, 0.2) is 42.0 Å². The lowest BCUT2D eigenvalue weighted by atomic mass is 10.3. The summed E-state index contributed by atoms with van der Waals surface area (Å²) in [5.74, 6) is 0.823. The summed E-state index contributed by atoms with van der Waals surface area (Å²) in [6.45, 7) is 8.01. The van der Waals surface area contributed by atoms with Gasteiger partial charge in [-0.15, -0.1) is 6.58 Å². The molecular weight excluding hydrogens is 212 g/mol. The third kappa shape index (κ3) is 5.70. The highest BCUT2D eigenvalue weighted by atomic mass is 15.2. The van der Waals surface area contributed by atoms with Gasteiger partial charge in [-0.3, -0.25) is 9.98 Å². The second-order valence-corrected chi connectivity index (χ2v) is 3.50. The fourth-order valence-corrected chi connectivity index (χ4v) is 1.34. The number of rotatable bonds is 6. The van der Waals surface area contributed by atoms with Gasteiger partial charge in [0.1, 0.15) is 0 Å². The van der Waals surface area contributed by atoms with Gasteiger partial charge in [0, 0.05) is 37.9 Å². The normalized spacial score (nSPS) is 11.0. The fraction of sp³-hybridized carbons (Fsp3) is 0.385. The van der Waals surface area contributed by atoms with Crippen LogP contribution >= 0.6 is 0 Å². The average Bonchev–Trinajstić information content (AvgIpc) is 2.37. The van der Waals surface area contributed by atoms with Gasteiger partial charge in [-0.2, -0.15) is 0 Å². The Bertz CT molecular complexity index is 346. The summed E-state index contributed by atoms with van der Waals surface area (Å²) < 4.78 is 0. The van der Waals surface area contributed by atoms with E-state index in [9.17, 15) is 0 Å². The van der Waals surface area contributed by atoms with Crippen molar-refractivity contribution in [3.8, 4) is 0 Å². The monoisotopic (exact) mass is 232 g/mol. The van der Waals surface area contributed by atoms with E-state index in [-0.39, 0.29) is 0 Å². The molecule has 0 aliphatic carbocycles. The molecule has 0 spiro atoms. The van der Waals surface area contributed by atoms with Crippen molar-refractivity contribution < 1.29 is 0 Å². The third-order valence-corrected chi connectivity index (χ3v) is 2.12. The first kappa shape index (κ1) is 13.2. The predicted molar refractivity (Wildman–Crippen MR) is 72.1 cm³/mol. The van der Waals surface area contributed by atoms with Crippen molar-refractivity contribution in [1.29, 1.82) is 0 Å². The van der Waals surface area contributed by atoms with Crippen LogP contribution in [0.4, 0.5) is 0 Å². The van der Waals surface area contributed by atoms with Crippen LogP contribution in [0.25, 0.3) is 0 Å². The number of nitrogens with one attached hydrogen (secondary N) is 2. The summed E-state index contributed by atoms with van der Waals surface area (Å²) in [6, 6.07) is 5.93. The molecule has 0 aliphatic rings. The van der Waals surface area contributed by atoms with E-state index in [1.807, 2.05) is 31.2 Å². The van der Waals surface area contributed by atoms with Crippen LogP contribution < -0.4 is 10.6 Å². The molecule has 1 aromatic heterocycles. The molecule has 0 radical (unpaired) electrons. The molecule has 1 rings (SSSR count). The second-order valence-electron chi connectivity index (χ2n) is 3.50. The molecule has 0 saturated heterocycles. The lowest BCUT2D eigenvalue weighted by Crippen LogP contribution is -2.37. The minimum atomic E-state index is 0.718. The Kier molecular flexibility index (Phi) is 6.48. The van der Waals surface area contributed by atoms with E-state index in [0.717, 1.165) is 37.7 Å². The molecule has 0 saturated carbocycles. The van der Waals surface area contributed by atoms with Crippen LogP contribution in [-0.4, -0.2) is 30.6 Å². The van der Waals surface area contributed by atoms with Gasteiger partial charge in [-0.25, -0.2) is 0 Å². The highest BCUT2D eigenvalue weighted by Crippen LogP contribution is 1.94. The number of pyridine rings is 1. The Balaban J connectivity index is 2.40. The average molecular weight is 232 g/mol. The SMILES string of the molecule is C=CCNC(=NCCc1ccccn1)NCC. The Morgan fingerprint density at radius 2 is 2.35 bits per heavy atom. The number of guanidine groups is 1. The summed E-state index contributed by atoms with van der Waals surface area (Å²) in [5.41, 5.74) is 1.07. The number of nitrogens with zero attached hydrogens (tertiary/aromatic N) is 2. The van der Waals surface area contributed by atoms with Gasteiger partial charge in [0.25, 0.3) is 0 Å². The van der Waals surface area contributed by atoms with Crippen molar-refractivity contribution in [1.82, 2.24) is 15.6 Å². The topological polar surface area (TPSA) is 49.3 Å². The smallest absolute Gasteiger partial charge is 0.191 e. The highest BCUT2D eigenvalue weighted by molar-refractivity contribution is 5.79. The van der Waals surface area contributed by atoms with E-state index in [4.69, 9.17) is 0 Å². The van der Waals surface area contributed by atoms with Gasteiger partial charge >= 0.3 is 0 Å². The molecule has 0 unspecified atom stereocenters. The summed E-state index contributed by atoms with van der Waals surface area (Å²) in [5, 5.41) is 6.33. The summed E-state index contributed by atoms with van der Waals surface area (Å²) >= 11 is 0. The largest absolute Gasteiger partial charge is 0.357 e. The minimum absolute atomic E-state index is 0.718. The lowest BCUT2D eigenvalue weighted by molar-refractivity contribution is 0.843. The molecule has 0 fully saturated rings. The van der Waals surface area contributed by atoms with Crippen LogP contribution in [0.2, 0.25) is 0 Å². The van der Waals surface area contributed by atoms with Gasteiger partial charge in [-0.05, 0) is 19.1 Å². The van der Waals surface area contributed by atoms with Crippen LogP contribution in [0.5, 0.6) is 0 Å². The molecule has 1 heterocycles. The molecule has 0 atom stereocenters. The first-order valence-corrected chi connectivity index (χ1v) is 5.89. The van der Waals surface area contributed by atoms with Crippen LogP contribution in [-0.2, 0) is 6.42 Å². The van der Waals surface area contributed by atoms with E-state index in [0.29, 0.717) is 0 Å². The number of hydrogen-bond donors (Lipinski definition) is 2. The molecule has 17 heavy (non-hydrogen) atoms. The minimum Gasteiger partial charge on any atom is -0.357 e. The summed E-state index contributed by atoms with van der Waals surface area (Å²) in [6.07, 6.45) is 4.47. The van der Waals surface area contributed by atoms with E-state index in [1.54, 1.807) is 6.20 Å². The molecule has 0 aliphatic heterocycles. The van der Waals surface area contributed by atoms with E-state index in [2.05, 4.69) is 27.2 Å². The van der Waals surface area contributed by atoms with Crippen LogP contribution in [0.1, 0.15) is 12.6 Å². The first-order chi connectivity index (χ1) is 8.36. The quantitative estimate of drug-likeness (QED) is 0.442. The van der Waals surface area contributed by atoms with Crippen LogP contribution in [0, 0.1) is 0 Å². The van der Waals surface area contributed by atoms with E-state index >= 15 is 0 Å². The Morgan fingerprint density at radius 1 is 1.47 bits per heavy atom. The van der Waals surface area contributed by atoms with Gasteiger partial charge < -0.3 is 10.6 Å². The van der Waals surface area contributed by atoms with Crippen molar-refractivity contribution in [2.45, 2.75) is 13.3 Å². The summed E-state index contributed by atoms with van der Waals surface area (Å²) in [4.78, 5) is 8.71. The number of aromatic nitrogens is 1. The zero-order valence-corrected chi connectivity index (χ0v) is 10.3. The predicted octanol–water partition coefficient (Wildman–Crippen LogP) is 1.37. The van der Waals surface area contributed by atoms with Crippen molar-refractivity contribution in [2.75, 3.05) is 19.6 Å². The number of aliphatic imine (C=N–C) groups is 1. The lowest BCUT2D eigenvalue weighted by Gasteiger charge is -2.09. The summed E-state index contributed by atoms with van der Waals surface area (Å²) in [7, 11) is 0. The molecule has 4 nitrogen and oxygen atoms in total. The number of hydrogen-bond acceptors (Lipinski definition) is 2. The third-order valence-electron chi connectivity index (χ3n) is 2.12. The van der Waals surface area contributed by atoms with E-state index in [1.165, 1.54) is 0 Å². The van der Waals surface area contributed by atoms with E-state index < -0.39 is 0 Å². The maximum absolute atomic E-state index is 4.45. The maximum Gasteiger partial charge on any atom is 0.191 e. The van der Waals surface area contributed by atoms with Crippen molar-refractivity contribution >= 4 is 5.96 Å². The van der Waals surface area contributed by atoms with Gasteiger partial charge in [0.05, 0.1) is 0 Å². The molecule has 4 heteroatoms. The van der Waals surface area contributed by atoms with Crippen molar-refractivity contribution in [3.05, 3.63) is 42.7 Å². The molecule has 1 aromatic rings. The van der Waals surface area contributed by atoms with Crippen LogP contribution in [0.3, 0.4) is 0 Å². The highest BCUT2D eigenvalue weighted by Gasteiger charge is 1.95. The Labute approximate surface area is 103 Å². The van der Waals surface area contributed by atoms with Crippen molar-refractivity contribution in [2.24, 2.45) is 4.99 Å². The maximum atomic E-state index is 4.45. The zero-order chi connectivity index (χ0) is 12.3. The molecule has 92 valence electrons. The first-order valence-electron chi connectivity index (χ1n) is 5.89. The second kappa shape index (κ2) is 8.33. The van der Waals surface area contributed by atoms with Crippen molar-refractivity contribution in [3.63, 3.8) is 0 Å². The Morgan fingerprint density at radius 3 is 3.00 bits per heavy atom. The molecule has 2 N–H and O–H groups in total. The fourth-order valence-electron chi connectivity index (χ4n) is 1.34. The molecule has 0 amide bonds.